The molecule has 0 aromatic heterocycles. The van der Waals surface area contributed by atoms with Crippen LogP contribution < -0.4 is 0 Å². The lowest BCUT2D eigenvalue weighted by molar-refractivity contribution is 0.396. The molecule has 0 heterocycles. The largest absolute Gasteiger partial charge is 0.508 e. The van der Waals surface area contributed by atoms with Crippen LogP contribution in [-0.4, -0.2) is 15.3 Å². The molecule has 1 aromatic rings. The molecule has 0 amide bonds. The van der Waals surface area contributed by atoms with Crippen molar-refractivity contribution in [2.75, 3.05) is 0 Å². The molecule has 102 valence electrons. The summed E-state index contributed by atoms with van der Waals surface area (Å²) in [5.41, 5.74) is 2.76. The van der Waals surface area contributed by atoms with Crippen molar-refractivity contribution in [3.8, 4) is 17.2 Å². The second-order valence-electron chi connectivity index (χ2n) is 5.43. The van der Waals surface area contributed by atoms with Gasteiger partial charge in [-0.15, -0.1) is 0 Å². The highest BCUT2D eigenvalue weighted by Gasteiger charge is 2.30. The molecule has 0 unspecified atom stereocenters. The minimum Gasteiger partial charge on any atom is -0.508 e. The topological polar surface area (TPSA) is 60.7 Å². The Morgan fingerprint density at radius 3 is 2.32 bits per heavy atom. The van der Waals surface area contributed by atoms with Gasteiger partial charge in [0.2, 0.25) is 0 Å². The van der Waals surface area contributed by atoms with Crippen LogP contribution in [0.15, 0.2) is 35.9 Å². The molecule has 0 radical (unpaired) electrons. The molecule has 0 bridgehead atoms. The first kappa shape index (κ1) is 13.5. The van der Waals surface area contributed by atoms with Gasteiger partial charge in [0, 0.05) is 23.6 Å². The van der Waals surface area contributed by atoms with Crippen molar-refractivity contribution in [1.29, 1.82) is 0 Å². The lowest BCUT2D eigenvalue weighted by Gasteiger charge is -2.31. The van der Waals surface area contributed by atoms with Crippen LogP contribution in [0.1, 0.15) is 38.2 Å². The van der Waals surface area contributed by atoms with E-state index in [0.29, 0.717) is 5.56 Å². The zero-order chi connectivity index (χ0) is 14.2. The number of rotatable bonds is 2. The fourth-order valence-electron chi connectivity index (χ4n) is 2.86. The minimum absolute atomic E-state index is 0.0697. The fourth-order valence-corrected chi connectivity index (χ4v) is 2.86. The van der Waals surface area contributed by atoms with Crippen LogP contribution in [-0.2, 0) is 0 Å². The van der Waals surface area contributed by atoms with E-state index < -0.39 is 0 Å². The molecule has 1 aromatic carbocycles. The van der Waals surface area contributed by atoms with E-state index in [2.05, 4.69) is 19.6 Å². The molecule has 3 nitrogen and oxygen atoms in total. The Labute approximate surface area is 113 Å². The zero-order valence-corrected chi connectivity index (χ0v) is 11.3. The van der Waals surface area contributed by atoms with Crippen LogP contribution in [0.3, 0.4) is 0 Å². The first-order valence-electron chi connectivity index (χ1n) is 6.47. The van der Waals surface area contributed by atoms with Crippen molar-refractivity contribution in [3.63, 3.8) is 0 Å². The Balaban J connectivity index is 2.54. The molecule has 1 aliphatic carbocycles. The number of phenols is 3. The van der Waals surface area contributed by atoms with Crippen LogP contribution in [0.2, 0.25) is 0 Å². The monoisotopic (exact) mass is 260 g/mol. The summed E-state index contributed by atoms with van der Waals surface area (Å²) in [6, 6.07) is 2.53. The normalized spacial score (nSPS) is 22.9. The summed E-state index contributed by atoms with van der Waals surface area (Å²) in [7, 11) is 0. The van der Waals surface area contributed by atoms with Crippen LogP contribution in [0.25, 0.3) is 0 Å². The number of phenolic OH excluding ortho intramolecular Hbond substituents is 3. The number of benzene rings is 1. The van der Waals surface area contributed by atoms with Crippen molar-refractivity contribution >= 4 is 0 Å². The van der Waals surface area contributed by atoms with Crippen LogP contribution in [0, 0.1) is 5.92 Å². The third-order valence-corrected chi connectivity index (χ3v) is 3.83. The van der Waals surface area contributed by atoms with Gasteiger partial charge < -0.3 is 15.3 Å². The molecule has 0 fully saturated rings. The maximum Gasteiger partial charge on any atom is 0.126 e. The predicted octanol–water partition coefficient (Wildman–Crippen LogP) is 3.82. The Morgan fingerprint density at radius 1 is 1.21 bits per heavy atom. The molecular formula is C16H20O3. The molecule has 0 saturated carbocycles. The number of hydrogen-bond acceptors (Lipinski definition) is 3. The highest BCUT2D eigenvalue weighted by atomic mass is 16.3. The predicted molar refractivity (Wildman–Crippen MR) is 75.5 cm³/mol. The van der Waals surface area contributed by atoms with Gasteiger partial charge in [0.15, 0.2) is 0 Å². The summed E-state index contributed by atoms with van der Waals surface area (Å²) in [6.07, 6.45) is 4.05. The summed E-state index contributed by atoms with van der Waals surface area (Å²) < 4.78 is 0. The maximum atomic E-state index is 10.0. The fraction of sp³-hybridized carbons (Fsp3) is 0.375. The average molecular weight is 260 g/mol. The highest BCUT2D eigenvalue weighted by molar-refractivity contribution is 5.53. The van der Waals surface area contributed by atoms with E-state index in [1.165, 1.54) is 17.7 Å². The standard InChI is InChI=1S/C16H20O3/c1-9(2)12-5-4-10(3)6-13(12)16-14(18)7-11(17)8-15(16)19/h6-8,12-13,17-19H,1,4-5H2,2-3H3/t12-,13+/m1/s1. The average Bonchev–Trinajstić information content (AvgIpc) is 2.27. The van der Waals surface area contributed by atoms with Gasteiger partial charge >= 0.3 is 0 Å². The van der Waals surface area contributed by atoms with E-state index in [0.717, 1.165) is 18.4 Å². The van der Waals surface area contributed by atoms with Gasteiger partial charge in [-0.3, -0.25) is 0 Å². The van der Waals surface area contributed by atoms with Gasteiger partial charge in [-0.25, -0.2) is 0 Å². The van der Waals surface area contributed by atoms with Crippen molar-refractivity contribution in [2.24, 2.45) is 5.92 Å². The number of hydrogen-bond donors (Lipinski definition) is 3. The van der Waals surface area contributed by atoms with E-state index in [1.807, 2.05) is 6.92 Å². The quantitative estimate of drug-likeness (QED) is 0.708. The van der Waals surface area contributed by atoms with E-state index >= 15 is 0 Å². The highest BCUT2D eigenvalue weighted by Crippen LogP contribution is 2.47. The molecule has 0 saturated heterocycles. The molecule has 0 aliphatic heterocycles. The Bertz CT molecular complexity index is 520. The second-order valence-corrected chi connectivity index (χ2v) is 5.43. The Morgan fingerprint density at radius 2 is 1.79 bits per heavy atom. The maximum absolute atomic E-state index is 10.0. The lowest BCUT2D eigenvalue weighted by Crippen LogP contribution is -2.17. The summed E-state index contributed by atoms with van der Waals surface area (Å²) in [6.45, 7) is 8.04. The molecule has 2 rings (SSSR count). The molecule has 1 aliphatic rings. The van der Waals surface area contributed by atoms with Gasteiger partial charge in [0.1, 0.15) is 17.2 Å². The minimum atomic E-state index is -0.137. The van der Waals surface area contributed by atoms with Gasteiger partial charge in [-0.05, 0) is 32.6 Å². The second kappa shape index (κ2) is 5.00. The summed E-state index contributed by atoms with van der Waals surface area (Å²) in [5.74, 6) is -0.168. The van der Waals surface area contributed by atoms with Crippen LogP contribution in [0.4, 0.5) is 0 Å². The molecule has 0 spiro atoms. The third-order valence-electron chi connectivity index (χ3n) is 3.83. The van der Waals surface area contributed by atoms with Gasteiger partial charge in [0.25, 0.3) is 0 Å². The van der Waals surface area contributed by atoms with E-state index in [4.69, 9.17) is 0 Å². The lowest BCUT2D eigenvalue weighted by atomic mass is 9.74. The number of aromatic hydroxyl groups is 3. The first-order chi connectivity index (χ1) is 8.90. The molecule has 19 heavy (non-hydrogen) atoms. The molecule has 3 heteroatoms. The van der Waals surface area contributed by atoms with E-state index in [1.54, 1.807) is 0 Å². The zero-order valence-electron chi connectivity index (χ0n) is 11.3. The molecular weight excluding hydrogens is 240 g/mol. The summed E-state index contributed by atoms with van der Waals surface area (Å²) in [5, 5.41) is 29.5. The van der Waals surface area contributed by atoms with Crippen molar-refractivity contribution in [2.45, 2.75) is 32.6 Å². The molecule has 3 N–H and O–H groups in total. The van der Waals surface area contributed by atoms with Crippen molar-refractivity contribution in [1.82, 2.24) is 0 Å². The van der Waals surface area contributed by atoms with Crippen molar-refractivity contribution in [3.05, 3.63) is 41.5 Å². The van der Waals surface area contributed by atoms with E-state index in [-0.39, 0.29) is 29.1 Å². The van der Waals surface area contributed by atoms with Crippen LogP contribution in [0.5, 0.6) is 17.2 Å². The first-order valence-corrected chi connectivity index (χ1v) is 6.47. The SMILES string of the molecule is C=C(C)[C@H]1CCC(C)=C[C@@H]1c1c(O)cc(O)cc1O. The Hall–Kier alpha value is -1.90. The van der Waals surface area contributed by atoms with E-state index in [9.17, 15) is 15.3 Å². The van der Waals surface area contributed by atoms with Crippen molar-refractivity contribution < 1.29 is 15.3 Å². The van der Waals surface area contributed by atoms with Gasteiger partial charge in [0.05, 0.1) is 0 Å². The van der Waals surface area contributed by atoms with Crippen LogP contribution >= 0.6 is 0 Å². The number of allylic oxidation sites excluding steroid dienone is 3. The third kappa shape index (κ3) is 2.60. The Kier molecular flexibility index (Phi) is 3.56. The van der Waals surface area contributed by atoms with Gasteiger partial charge in [-0.2, -0.15) is 0 Å². The molecule has 2 atom stereocenters. The summed E-state index contributed by atoms with van der Waals surface area (Å²) in [4.78, 5) is 0. The van der Waals surface area contributed by atoms with Gasteiger partial charge in [-0.1, -0.05) is 23.8 Å². The smallest absolute Gasteiger partial charge is 0.126 e. The summed E-state index contributed by atoms with van der Waals surface area (Å²) >= 11 is 0.